The molecule has 7 nitrogen and oxygen atoms in total. The third kappa shape index (κ3) is 3.54. The molecule has 32 heavy (non-hydrogen) atoms. The predicted molar refractivity (Wildman–Crippen MR) is 125 cm³/mol. The Bertz CT molecular complexity index is 1310. The van der Waals surface area contributed by atoms with Crippen molar-refractivity contribution in [3.8, 4) is 16.9 Å². The first-order valence-corrected chi connectivity index (χ1v) is 10.8. The molecule has 2 aromatic rings. The lowest BCUT2D eigenvalue weighted by molar-refractivity contribution is 0.0746. The number of anilines is 1. The number of piperazine rings is 1. The summed E-state index contributed by atoms with van der Waals surface area (Å²) in [4.78, 5) is 30.5. The van der Waals surface area contributed by atoms with Crippen molar-refractivity contribution in [3.05, 3.63) is 87.9 Å². The van der Waals surface area contributed by atoms with Gasteiger partial charge in [-0.25, -0.2) is 0 Å². The summed E-state index contributed by atoms with van der Waals surface area (Å²) >= 11 is 6.34. The second kappa shape index (κ2) is 8.16. The van der Waals surface area contributed by atoms with Crippen molar-refractivity contribution < 1.29 is 4.79 Å². The third-order valence-electron chi connectivity index (χ3n) is 5.79. The van der Waals surface area contributed by atoms with Crippen LogP contribution in [0.5, 0.6) is 0 Å². The Morgan fingerprint density at radius 3 is 2.34 bits per heavy atom. The van der Waals surface area contributed by atoms with Crippen molar-refractivity contribution in [3.63, 3.8) is 0 Å². The van der Waals surface area contributed by atoms with Gasteiger partial charge >= 0.3 is 0 Å². The number of carbonyl (C=O) groups excluding carboxylic acids is 1. The lowest BCUT2D eigenvalue weighted by atomic mass is 10.1. The molecule has 8 heteroatoms. The highest BCUT2D eigenvalue weighted by Crippen LogP contribution is 2.27. The standard InChI is InChI=1S/C24H22ClN5O2/c1-27-15-18(22-19(16-27)24(32)30(26-22)17-7-3-2-4-8-17)23(31)29-13-11-28(12-14-29)21-10-6-5-9-20(21)25/h2-10,15-16H,11-14H2,1H3. The molecule has 0 spiro atoms. The zero-order valence-electron chi connectivity index (χ0n) is 17.6. The molecule has 1 saturated heterocycles. The van der Waals surface area contributed by atoms with Crippen molar-refractivity contribution in [2.45, 2.75) is 0 Å². The number of aromatic nitrogens is 3. The molecule has 0 radical (unpaired) electrons. The van der Waals surface area contributed by atoms with E-state index in [0.29, 0.717) is 53.7 Å². The van der Waals surface area contributed by atoms with E-state index in [4.69, 9.17) is 11.6 Å². The monoisotopic (exact) mass is 447 g/mol. The maximum absolute atomic E-state index is 13.4. The molecule has 0 unspecified atom stereocenters. The molecule has 0 atom stereocenters. The molecule has 1 amide bonds. The lowest BCUT2D eigenvalue weighted by Gasteiger charge is -2.36. The molecule has 2 aromatic carbocycles. The molecule has 5 rings (SSSR count). The summed E-state index contributed by atoms with van der Waals surface area (Å²) in [5, 5.41) is 5.24. The molecule has 0 bridgehead atoms. The highest BCUT2D eigenvalue weighted by atomic mass is 35.5. The van der Waals surface area contributed by atoms with E-state index in [9.17, 15) is 9.59 Å². The Hall–Kier alpha value is -3.58. The van der Waals surface area contributed by atoms with E-state index in [1.165, 1.54) is 4.68 Å². The van der Waals surface area contributed by atoms with Crippen molar-refractivity contribution in [2.24, 2.45) is 7.05 Å². The van der Waals surface area contributed by atoms with E-state index in [0.717, 1.165) is 5.69 Å². The van der Waals surface area contributed by atoms with Gasteiger partial charge in [0.15, 0.2) is 0 Å². The Morgan fingerprint density at radius 1 is 0.938 bits per heavy atom. The summed E-state index contributed by atoms with van der Waals surface area (Å²) in [5.74, 6) is -0.122. The molecule has 0 aliphatic carbocycles. The highest BCUT2D eigenvalue weighted by Gasteiger charge is 2.29. The average Bonchev–Trinajstić information content (AvgIpc) is 3.15. The number of hydrogen-bond acceptors (Lipinski definition) is 4. The molecule has 3 heterocycles. The van der Waals surface area contributed by atoms with Gasteiger partial charge in [0.2, 0.25) is 0 Å². The van der Waals surface area contributed by atoms with Crippen LogP contribution in [-0.4, -0.2) is 51.3 Å². The minimum Gasteiger partial charge on any atom is -0.367 e. The number of fused-ring (bicyclic) bond motifs is 1. The van der Waals surface area contributed by atoms with Crippen molar-refractivity contribution in [1.82, 2.24) is 19.2 Å². The number of halogens is 1. The third-order valence-corrected chi connectivity index (χ3v) is 6.11. The average molecular weight is 448 g/mol. The number of rotatable bonds is 3. The molecule has 3 aliphatic heterocycles. The smallest absolute Gasteiger partial charge is 0.282 e. The molecule has 0 aromatic heterocycles. The molecular formula is C24H22ClN5O2. The normalized spacial score (nSPS) is 14.2. The SMILES string of the molecule is Cn1cc(C(=O)N2CCN(c3ccccc3Cl)CC2)c2nn(-c3ccccc3)c(=O)c-2c1. The van der Waals surface area contributed by atoms with Gasteiger partial charge in [-0.15, -0.1) is 0 Å². The molecule has 0 N–H and O–H groups in total. The van der Waals surface area contributed by atoms with Gasteiger partial charge in [-0.3, -0.25) is 9.59 Å². The number of benzene rings is 2. The number of hydrogen-bond donors (Lipinski definition) is 0. The van der Waals surface area contributed by atoms with Crippen molar-refractivity contribution in [1.29, 1.82) is 0 Å². The van der Waals surface area contributed by atoms with Gasteiger partial charge in [0, 0.05) is 45.6 Å². The first-order valence-electron chi connectivity index (χ1n) is 10.5. The largest absolute Gasteiger partial charge is 0.367 e. The minimum absolute atomic E-state index is 0.122. The van der Waals surface area contributed by atoms with E-state index in [1.807, 2.05) is 66.5 Å². The predicted octanol–water partition coefficient (Wildman–Crippen LogP) is 3.29. The van der Waals surface area contributed by atoms with Crippen LogP contribution in [0.4, 0.5) is 5.69 Å². The number of carbonyl (C=O) groups is 1. The first-order chi connectivity index (χ1) is 15.5. The molecular weight excluding hydrogens is 426 g/mol. The maximum atomic E-state index is 13.4. The van der Waals surface area contributed by atoms with Crippen LogP contribution in [0.25, 0.3) is 16.9 Å². The number of para-hydroxylation sites is 2. The fourth-order valence-electron chi connectivity index (χ4n) is 4.17. The summed E-state index contributed by atoms with van der Waals surface area (Å²) < 4.78 is 3.10. The Balaban J connectivity index is 1.44. The van der Waals surface area contributed by atoms with Gasteiger partial charge in [0.1, 0.15) is 5.69 Å². The Kier molecular flexibility index (Phi) is 5.19. The lowest BCUT2D eigenvalue weighted by Crippen LogP contribution is -2.49. The minimum atomic E-state index is -0.236. The summed E-state index contributed by atoms with van der Waals surface area (Å²) in [5.41, 5.74) is 2.70. The fourth-order valence-corrected chi connectivity index (χ4v) is 4.42. The maximum Gasteiger partial charge on any atom is 0.282 e. The quantitative estimate of drug-likeness (QED) is 0.483. The summed E-state index contributed by atoms with van der Waals surface area (Å²) in [6.45, 7) is 2.49. The van der Waals surface area contributed by atoms with Crippen LogP contribution in [-0.2, 0) is 7.05 Å². The summed E-state index contributed by atoms with van der Waals surface area (Å²) in [7, 11) is 1.81. The van der Waals surface area contributed by atoms with Gasteiger partial charge in [-0.2, -0.15) is 9.78 Å². The van der Waals surface area contributed by atoms with E-state index in [-0.39, 0.29) is 11.5 Å². The van der Waals surface area contributed by atoms with E-state index >= 15 is 0 Å². The first kappa shape index (κ1) is 20.3. The van der Waals surface area contributed by atoms with Crippen molar-refractivity contribution in [2.75, 3.05) is 31.1 Å². The number of amides is 1. The summed E-state index contributed by atoms with van der Waals surface area (Å²) in [6, 6.07) is 17.0. The number of nitrogens with zero attached hydrogens (tertiary/aromatic N) is 5. The zero-order chi connectivity index (χ0) is 22.2. The molecule has 0 saturated carbocycles. The fraction of sp³-hybridized carbons (Fsp3) is 0.208. The van der Waals surface area contributed by atoms with Gasteiger partial charge in [0.05, 0.1) is 27.5 Å². The number of pyridine rings is 1. The Labute approximate surface area is 190 Å². The van der Waals surface area contributed by atoms with E-state index in [1.54, 1.807) is 17.0 Å². The second-order valence-corrected chi connectivity index (χ2v) is 8.29. The van der Waals surface area contributed by atoms with Crippen LogP contribution in [0.3, 0.4) is 0 Å². The topological polar surface area (TPSA) is 63.4 Å². The molecule has 3 aliphatic rings. The number of aryl methyl sites for hydroxylation is 1. The van der Waals surface area contributed by atoms with Crippen LogP contribution in [0.15, 0.2) is 71.8 Å². The van der Waals surface area contributed by atoms with Gasteiger partial charge < -0.3 is 14.4 Å². The second-order valence-electron chi connectivity index (χ2n) is 7.88. The van der Waals surface area contributed by atoms with Gasteiger partial charge in [-0.1, -0.05) is 41.9 Å². The van der Waals surface area contributed by atoms with Crippen LogP contribution in [0.1, 0.15) is 10.4 Å². The van der Waals surface area contributed by atoms with E-state index in [2.05, 4.69) is 10.00 Å². The molecule has 162 valence electrons. The van der Waals surface area contributed by atoms with Gasteiger partial charge in [-0.05, 0) is 24.3 Å². The van der Waals surface area contributed by atoms with Gasteiger partial charge in [0.25, 0.3) is 11.5 Å². The van der Waals surface area contributed by atoms with Crippen LogP contribution in [0.2, 0.25) is 5.02 Å². The summed E-state index contributed by atoms with van der Waals surface area (Å²) in [6.07, 6.45) is 3.46. The Morgan fingerprint density at radius 2 is 1.62 bits per heavy atom. The zero-order valence-corrected chi connectivity index (χ0v) is 18.4. The van der Waals surface area contributed by atoms with Crippen LogP contribution in [0, 0.1) is 0 Å². The highest BCUT2D eigenvalue weighted by molar-refractivity contribution is 6.33. The van der Waals surface area contributed by atoms with Crippen LogP contribution < -0.4 is 10.5 Å². The van der Waals surface area contributed by atoms with Crippen LogP contribution >= 0.6 is 11.6 Å². The van der Waals surface area contributed by atoms with E-state index < -0.39 is 0 Å². The molecule has 1 fully saturated rings. The van der Waals surface area contributed by atoms with Crippen molar-refractivity contribution >= 4 is 23.2 Å².